The van der Waals surface area contributed by atoms with Crippen LogP contribution >= 0.6 is 0 Å². The first-order chi connectivity index (χ1) is 13.4. The topological polar surface area (TPSA) is 50.8 Å². The molecule has 1 atom stereocenters. The van der Waals surface area contributed by atoms with Crippen molar-refractivity contribution in [3.63, 3.8) is 0 Å². The van der Waals surface area contributed by atoms with Crippen LogP contribution in [0.25, 0.3) is 0 Å². The number of carbonyl (C=O) groups excluding carboxylic acids is 1. The van der Waals surface area contributed by atoms with Crippen molar-refractivity contribution in [3.8, 4) is 0 Å². The van der Waals surface area contributed by atoms with Crippen molar-refractivity contribution in [1.29, 1.82) is 0 Å². The largest absolute Gasteiger partial charge is 0.444 e. The molecule has 1 saturated heterocycles. The number of ether oxygens (including phenoxy) is 2. The number of likely N-dealkylation sites (tertiary alicyclic amines) is 1. The van der Waals surface area contributed by atoms with Gasteiger partial charge in [0.2, 0.25) is 0 Å². The third-order valence-electron chi connectivity index (χ3n) is 5.72. The van der Waals surface area contributed by atoms with Crippen LogP contribution in [-0.2, 0) is 16.1 Å². The van der Waals surface area contributed by atoms with E-state index in [1.807, 2.05) is 26.8 Å². The maximum absolute atomic E-state index is 12.0. The molecule has 5 heteroatoms. The highest BCUT2D eigenvalue weighted by atomic mass is 16.6. The van der Waals surface area contributed by atoms with E-state index in [0.29, 0.717) is 18.6 Å². The third-order valence-corrected chi connectivity index (χ3v) is 5.72. The van der Waals surface area contributed by atoms with Crippen LogP contribution in [0, 0.1) is 5.92 Å². The molecular formula is C23H36N2O3. The summed E-state index contributed by atoms with van der Waals surface area (Å²) in [6.45, 7) is 9.57. The van der Waals surface area contributed by atoms with E-state index in [1.54, 1.807) is 0 Å². The summed E-state index contributed by atoms with van der Waals surface area (Å²) in [7, 11) is 0. The number of nitrogens with one attached hydrogen (secondary N) is 1. The van der Waals surface area contributed by atoms with E-state index in [-0.39, 0.29) is 12.1 Å². The Hall–Kier alpha value is -1.59. The zero-order valence-corrected chi connectivity index (χ0v) is 17.7. The summed E-state index contributed by atoms with van der Waals surface area (Å²) < 4.78 is 11.3. The molecule has 1 aliphatic carbocycles. The first-order valence-electron chi connectivity index (χ1n) is 10.7. The van der Waals surface area contributed by atoms with Crippen LogP contribution in [0.1, 0.15) is 58.4 Å². The highest BCUT2D eigenvalue weighted by Gasteiger charge is 2.32. The van der Waals surface area contributed by atoms with Crippen molar-refractivity contribution < 1.29 is 14.3 Å². The van der Waals surface area contributed by atoms with Crippen molar-refractivity contribution in [2.45, 2.75) is 77.2 Å². The van der Waals surface area contributed by atoms with Gasteiger partial charge >= 0.3 is 6.09 Å². The van der Waals surface area contributed by atoms with E-state index in [9.17, 15) is 4.79 Å². The van der Waals surface area contributed by atoms with E-state index in [0.717, 1.165) is 38.8 Å². The van der Waals surface area contributed by atoms with Gasteiger partial charge in [0.05, 0.1) is 13.2 Å². The second-order valence-corrected chi connectivity index (χ2v) is 9.30. The summed E-state index contributed by atoms with van der Waals surface area (Å²) in [6.07, 6.45) is 5.32. The first kappa shape index (κ1) is 21.1. The number of hydrogen-bond acceptors (Lipinski definition) is 4. The Morgan fingerprint density at radius 1 is 1.11 bits per heavy atom. The molecule has 1 aromatic carbocycles. The lowest BCUT2D eigenvalue weighted by atomic mass is 9.90. The van der Waals surface area contributed by atoms with Gasteiger partial charge in [-0.25, -0.2) is 4.79 Å². The lowest BCUT2D eigenvalue weighted by Gasteiger charge is -2.35. The minimum absolute atomic E-state index is 0.249. The van der Waals surface area contributed by atoms with Gasteiger partial charge in [-0.3, -0.25) is 0 Å². The fraction of sp³-hybridized carbons (Fsp3) is 0.696. The van der Waals surface area contributed by atoms with Gasteiger partial charge in [-0.15, -0.1) is 0 Å². The van der Waals surface area contributed by atoms with Crippen molar-refractivity contribution in [3.05, 3.63) is 35.9 Å². The molecule has 2 fully saturated rings. The second-order valence-electron chi connectivity index (χ2n) is 9.30. The smallest absolute Gasteiger partial charge is 0.407 e. The molecule has 0 aromatic heterocycles. The molecule has 1 aliphatic heterocycles. The predicted octanol–water partition coefficient (Wildman–Crippen LogP) is 4.36. The molecule has 2 aliphatic rings. The minimum Gasteiger partial charge on any atom is -0.444 e. The van der Waals surface area contributed by atoms with E-state index in [1.165, 1.54) is 18.5 Å². The molecule has 1 amide bonds. The summed E-state index contributed by atoms with van der Waals surface area (Å²) in [5, 5.41) is 3.04. The fourth-order valence-electron chi connectivity index (χ4n) is 4.31. The summed E-state index contributed by atoms with van der Waals surface area (Å²) in [5.41, 5.74) is 0.808. The Bertz CT molecular complexity index is 606. The van der Waals surface area contributed by atoms with Crippen LogP contribution in [0.2, 0.25) is 0 Å². The number of amides is 1. The molecule has 28 heavy (non-hydrogen) atoms. The van der Waals surface area contributed by atoms with E-state index in [2.05, 4.69) is 34.5 Å². The van der Waals surface area contributed by atoms with Gasteiger partial charge in [-0.1, -0.05) is 30.3 Å². The molecule has 156 valence electrons. The molecular weight excluding hydrogens is 352 g/mol. The predicted molar refractivity (Wildman–Crippen MR) is 111 cm³/mol. The Kier molecular flexibility index (Phi) is 7.36. The summed E-state index contributed by atoms with van der Waals surface area (Å²) in [4.78, 5) is 14.6. The number of hydrogen-bond donors (Lipinski definition) is 1. The lowest BCUT2D eigenvalue weighted by Crippen LogP contribution is -2.44. The molecule has 1 saturated carbocycles. The summed E-state index contributed by atoms with van der Waals surface area (Å²) in [5.74, 6) is 0.640. The van der Waals surface area contributed by atoms with Crippen LogP contribution in [0.3, 0.4) is 0 Å². The van der Waals surface area contributed by atoms with Crippen LogP contribution in [0.5, 0.6) is 0 Å². The highest BCUT2D eigenvalue weighted by molar-refractivity contribution is 5.68. The average Bonchev–Trinajstić information content (AvgIpc) is 3.10. The van der Waals surface area contributed by atoms with Crippen LogP contribution in [0.15, 0.2) is 30.3 Å². The maximum Gasteiger partial charge on any atom is 0.407 e. The Morgan fingerprint density at radius 3 is 2.50 bits per heavy atom. The minimum atomic E-state index is -0.436. The number of rotatable bonds is 6. The molecule has 1 aromatic rings. The molecule has 5 nitrogen and oxygen atoms in total. The third kappa shape index (κ3) is 6.78. The van der Waals surface area contributed by atoms with Gasteiger partial charge in [0.25, 0.3) is 0 Å². The molecule has 1 unspecified atom stereocenters. The standard InChI is InChI=1S/C23H36N2O3/c1-23(2,3)28-22(26)24-20-9-11-21(12-10-20)25-14-13-19(15-25)17-27-16-18-7-5-4-6-8-18/h4-8,19-21H,9-17H2,1-3H3,(H,24,26). The molecule has 0 bridgehead atoms. The van der Waals surface area contributed by atoms with Crippen molar-refractivity contribution in [2.24, 2.45) is 5.92 Å². The Labute approximate surface area is 169 Å². The Balaban J connectivity index is 1.32. The van der Waals surface area contributed by atoms with Gasteiger partial charge in [0.15, 0.2) is 0 Å². The van der Waals surface area contributed by atoms with Gasteiger partial charge in [0, 0.05) is 18.6 Å². The monoisotopic (exact) mass is 388 g/mol. The first-order valence-corrected chi connectivity index (χ1v) is 10.7. The van der Waals surface area contributed by atoms with Crippen LogP contribution in [0.4, 0.5) is 4.79 Å². The molecule has 1 heterocycles. The maximum atomic E-state index is 12.0. The zero-order chi connectivity index (χ0) is 20.0. The van der Waals surface area contributed by atoms with Crippen LogP contribution < -0.4 is 5.32 Å². The van der Waals surface area contributed by atoms with E-state index >= 15 is 0 Å². The molecule has 3 rings (SSSR count). The molecule has 0 spiro atoms. The second kappa shape index (κ2) is 9.75. The normalized spacial score (nSPS) is 26.2. The fourth-order valence-corrected chi connectivity index (χ4v) is 4.31. The number of alkyl carbamates (subject to hydrolysis) is 1. The average molecular weight is 389 g/mol. The summed E-state index contributed by atoms with van der Waals surface area (Å²) >= 11 is 0. The van der Waals surface area contributed by atoms with Gasteiger partial charge in [-0.2, -0.15) is 0 Å². The van der Waals surface area contributed by atoms with E-state index < -0.39 is 5.60 Å². The van der Waals surface area contributed by atoms with Gasteiger partial charge in [0.1, 0.15) is 5.60 Å². The number of carbonyl (C=O) groups is 1. The molecule has 0 radical (unpaired) electrons. The highest BCUT2D eigenvalue weighted by Crippen LogP contribution is 2.28. The quantitative estimate of drug-likeness (QED) is 0.787. The van der Waals surface area contributed by atoms with Crippen molar-refractivity contribution in [2.75, 3.05) is 19.7 Å². The SMILES string of the molecule is CC(C)(C)OC(=O)NC1CCC(N2CCC(COCc3ccccc3)C2)CC1. The zero-order valence-electron chi connectivity index (χ0n) is 17.7. The molecule has 1 N–H and O–H groups in total. The number of nitrogens with zero attached hydrogens (tertiary/aromatic N) is 1. The van der Waals surface area contributed by atoms with Gasteiger partial charge < -0.3 is 19.7 Å². The van der Waals surface area contributed by atoms with E-state index in [4.69, 9.17) is 9.47 Å². The Morgan fingerprint density at radius 2 is 1.82 bits per heavy atom. The van der Waals surface area contributed by atoms with Crippen molar-refractivity contribution in [1.82, 2.24) is 10.2 Å². The lowest BCUT2D eigenvalue weighted by molar-refractivity contribution is 0.0477. The van der Waals surface area contributed by atoms with Gasteiger partial charge in [-0.05, 0) is 70.9 Å². The summed E-state index contributed by atoms with van der Waals surface area (Å²) in [6, 6.07) is 11.3. The van der Waals surface area contributed by atoms with Crippen molar-refractivity contribution >= 4 is 6.09 Å². The van der Waals surface area contributed by atoms with Crippen LogP contribution in [-0.4, -0.2) is 48.4 Å². The number of benzene rings is 1.